The van der Waals surface area contributed by atoms with E-state index in [1.54, 1.807) is 12.1 Å². The topological polar surface area (TPSA) is 72.2 Å². The maximum atomic E-state index is 11.1. The van der Waals surface area contributed by atoms with E-state index in [2.05, 4.69) is 11.7 Å². The fraction of sp³-hybridized carbons (Fsp3) is 0.300. The number of fused-ring (bicyclic) bond motifs is 1. The maximum Gasteiger partial charge on any atom is 0.238 e. The van der Waals surface area contributed by atoms with E-state index in [-0.39, 0.29) is 4.90 Å². The predicted octanol–water partition coefficient (Wildman–Crippen LogP) is 0.773. The summed E-state index contributed by atoms with van der Waals surface area (Å²) >= 11 is 0. The average Bonchev–Trinajstić information content (AvgIpc) is 2.39. The van der Waals surface area contributed by atoms with Gasteiger partial charge in [-0.15, -0.1) is 0 Å². The first kappa shape index (κ1) is 10.4. The van der Waals surface area contributed by atoms with Crippen LogP contribution in [0.1, 0.15) is 12.0 Å². The minimum absolute atomic E-state index is 0.171. The van der Waals surface area contributed by atoms with Gasteiger partial charge in [0.1, 0.15) is 0 Å². The number of benzene rings is 1. The van der Waals surface area contributed by atoms with Gasteiger partial charge in [-0.3, -0.25) is 0 Å². The summed E-state index contributed by atoms with van der Waals surface area (Å²) in [4.78, 5) is 0.171. The highest BCUT2D eigenvalue weighted by molar-refractivity contribution is 7.89. The predicted molar refractivity (Wildman–Crippen MR) is 57.9 cm³/mol. The molecule has 0 unspecified atom stereocenters. The van der Waals surface area contributed by atoms with Crippen molar-refractivity contribution in [2.45, 2.75) is 17.7 Å². The van der Waals surface area contributed by atoms with Crippen LogP contribution in [0.15, 0.2) is 23.1 Å². The summed E-state index contributed by atoms with van der Waals surface area (Å²) in [7, 11) is -3.60. The first-order chi connectivity index (χ1) is 7.07. The molecule has 2 rings (SSSR count). The van der Waals surface area contributed by atoms with Crippen LogP contribution in [0.25, 0.3) is 0 Å². The molecule has 4 nitrogen and oxygen atoms in total. The summed E-state index contributed by atoms with van der Waals surface area (Å²) in [6, 6.07) is 4.90. The van der Waals surface area contributed by atoms with Gasteiger partial charge in [0.2, 0.25) is 10.0 Å². The molecule has 0 aliphatic carbocycles. The Hall–Kier alpha value is -1.07. The molecule has 0 bridgehead atoms. The van der Waals surface area contributed by atoms with Crippen LogP contribution in [-0.2, 0) is 16.4 Å². The lowest BCUT2D eigenvalue weighted by Crippen LogP contribution is -2.12. The molecule has 2 radical (unpaired) electrons. The van der Waals surface area contributed by atoms with Gasteiger partial charge < -0.3 is 5.32 Å². The SMILES string of the molecule is NS(=O)(=O)c1ccc2c(c1)CC[C]CN2. The van der Waals surface area contributed by atoms with Crippen LogP contribution in [0.4, 0.5) is 5.69 Å². The molecule has 15 heavy (non-hydrogen) atoms. The molecule has 1 aromatic carbocycles. The van der Waals surface area contributed by atoms with E-state index in [0.29, 0.717) is 6.54 Å². The van der Waals surface area contributed by atoms with Crippen molar-refractivity contribution >= 4 is 15.7 Å². The lowest BCUT2D eigenvalue weighted by molar-refractivity contribution is 0.597. The van der Waals surface area contributed by atoms with Crippen LogP contribution in [0.2, 0.25) is 0 Å². The molecule has 0 saturated heterocycles. The van der Waals surface area contributed by atoms with Crippen LogP contribution in [0, 0.1) is 6.42 Å². The number of hydrogen-bond donors (Lipinski definition) is 2. The van der Waals surface area contributed by atoms with Gasteiger partial charge in [-0.1, -0.05) is 0 Å². The van der Waals surface area contributed by atoms with E-state index in [1.807, 2.05) is 0 Å². The van der Waals surface area contributed by atoms with Gasteiger partial charge in [0.15, 0.2) is 0 Å². The third kappa shape index (κ3) is 2.30. The normalized spacial score (nSPS) is 16.3. The Bertz CT molecular complexity index is 468. The smallest absolute Gasteiger partial charge is 0.238 e. The van der Waals surface area contributed by atoms with Crippen molar-refractivity contribution in [1.82, 2.24) is 0 Å². The van der Waals surface area contributed by atoms with E-state index in [0.717, 1.165) is 24.1 Å². The number of nitrogens with two attached hydrogens (primary N) is 1. The van der Waals surface area contributed by atoms with E-state index < -0.39 is 10.0 Å². The van der Waals surface area contributed by atoms with Crippen molar-refractivity contribution in [3.05, 3.63) is 30.2 Å². The van der Waals surface area contributed by atoms with Gasteiger partial charge in [0.25, 0.3) is 0 Å². The highest BCUT2D eigenvalue weighted by Gasteiger charge is 2.12. The maximum absolute atomic E-state index is 11.1. The zero-order valence-electron chi connectivity index (χ0n) is 8.16. The minimum atomic E-state index is -3.60. The molecular formula is C10H12N2O2S. The molecule has 0 spiro atoms. The van der Waals surface area contributed by atoms with Gasteiger partial charge in [0, 0.05) is 18.7 Å². The molecule has 0 atom stereocenters. The second kappa shape index (κ2) is 3.83. The number of aryl methyl sites for hydroxylation is 1. The van der Waals surface area contributed by atoms with Gasteiger partial charge in [-0.2, -0.15) is 0 Å². The first-order valence-electron chi connectivity index (χ1n) is 4.68. The second-order valence-corrected chi connectivity index (χ2v) is 5.03. The number of sulfonamides is 1. The van der Waals surface area contributed by atoms with Crippen LogP contribution < -0.4 is 10.5 Å². The van der Waals surface area contributed by atoms with Gasteiger partial charge in [-0.25, -0.2) is 13.6 Å². The lowest BCUT2D eigenvalue weighted by Gasteiger charge is -2.08. The van der Waals surface area contributed by atoms with Crippen molar-refractivity contribution in [3.63, 3.8) is 0 Å². The standard InChI is InChI=1S/C10H12N2O2S/c11-15(13,14)9-4-5-10-8(7-9)3-1-2-6-12-10/h4-5,7,12H,1,3,6H2,(H2,11,13,14). The Morgan fingerprint density at radius 1 is 1.40 bits per heavy atom. The first-order valence-corrected chi connectivity index (χ1v) is 6.22. The van der Waals surface area contributed by atoms with Crippen LogP contribution in [0.5, 0.6) is 0 Å². The quantitative estimate of drug-likeness (QED) is 0.740. The summed E-state index contributed by atoms with van der Waals surface area (Å²) in [5.41, 5.74) is 1.94. The van der Waals surface area contributed by atoms with Crippen molar-refractivity contribution in [3.8, 4) is 0 Å². The highest BCUT2D eigenvalue weighted by atomic mass is 32.2. The van der Waals surface area contributed by atoms with E-state index in [9.17, 15) is 8.42 Å². The molecule has 0 aromatic heterocycles. The number of hydrogen-bond acceptors (Lipinski definition) is 3. The Labute approximate surface area is 89.5 Å². The zero-order valence-corrected chi connectivity index (χ0v) is 8.97. The molecule has 5 heteroatoms. The average molecular weight is 224 g/mol. The summed E-state index contributed by atoms with van der Waals surface area (Å²) in [6.07, 6.45) is 4.79. The van der Waals surface area contributed by atoms with E-state index >= 15 is 0 Å². The van der Waals surface area contributed by atoms with E-state index in [4.69, 9.17) is 5.14 Å². The molecule has 0 saturated carbocycles. The Morgan fingerprint density at radius 3 is 2.93 bits per heavy atom. The summed E-state index contributed by atoms with van der Waals surface area (Å²) in [5, 5.41) is 8.22. The largest absolute Gasteiger partial charge is 0.384 e. The third-order valence-electron chi connectivity index (χ3n) is 2.38. The van der Waals surface area contributed by atoms with Crippen LogP contribution >= 0.6 is 0 Å². The molecule has 1 heterocycles. The molecule has 3 N–H and O–H groups in total. The Kier molecular flexibility index (Phi) is 2.67. The number of primary sulfonamides is 1. The van der Waals surface area contributed by atoms with Crippen LogP contribution in [0.3, 0.4) is 0 Å². The second-order valence-electron chi connectivity index (χ2n) is 3.47. The summed E-state index contributed by atoms with van der Waals surface area (Å²) < 4.78 is 22.3. The van der Waals surface area contributed by atoms with Gasteiger partial charge in [0.05, 0.1) is 4.90 Å². The molecule has 1 aliphatic heterocycles. The Morgan fingerprint density at radius 2 is 2.20 bits per heavy atom. The molecule has 1 aliphatic rings. The fourth-order valence-corrected chi connectivity index (χ4v) is 2.16. The summed E-state index contributed by atoms with van der Waals surface area (Å²) in [5.74, 6) is 0. The highest BCUT2D eigenvalue weighted by Crippen LogP contribution is 2.23. The zero-order chi connectivity index (χ0) is 10.9. The van der Waals surface area contributed by atoms with Gasteiger partial charge in [-0.05, 0) is 36.6 Å². The minimum Gasteiger partial charge on any atom is -0.384 e. The van der Waals surface area contributed by atoms with Crippen molar-refractivity contribution < 1.29 is 8.42 Å². The molecule has 0 fully saturated rings. The lowest BCUT2D eigenvalue weighted by atomic mass is 10.1. The molecular weight excluding hydrogens is 212 g/mol. The Balaban J connectivity index is 2.45. The van der Waals surface area contributed by atoms with Gasteiger partial charge >= 0.3 is 0 Å². The van der Waals surface area contributed by atoms with E-state index in [1.165, 1.54) is 6.07 Å². The number of rotatable bonds is 1. The number of nitrogens with one attached hydrogen (secondary N) is 1. The van der Waals surface area contributed by atoms with Crippen molar-refractivity contribution in [2.75, 3.05) is 11.9 Å². The summed E-state index contributed by atoms with van der Waals surface area (Å²) in [6.45, 7) is 0.696. The molecule has 80 valence electrons. The van der Waals surface area contributed by atoms with Crippen molar-refractivity contribution in [1.29, 1.82) is 0 Å². The van der Waals surface area contributed by atoms with Crippen molar-refractivity contribution in [2.24, 2.45) is 5.14 Å². The fourth-order valence-electron chi connectivity index (χ4n) is 1.60. The van der Waals surface area contributed by atoms with Crippen LogP contribution in [-0.4, -0.2) is 15.0 Å². The number of anilines is 1. The molecule has 1 aromatic rings. The third-order valence-corrected chi connectivity index (χ3v) is 3.29. The molecule has 0 amide bonds. The monoisotopic (exact) mass is 224 g/mol.